The van der Waals surface area contributed by atoms with Crippen molar-refractivity contribution in [2.45, 2.75) is 20.4 Å². The van der Waals surface area contributed by atoms with Crippen LogP contribution in [0.1, 0.15) is 18.2 Å². The first-order chi connectivity index (χ1) is 7.95. The number of anilines is 1. The molecule has 1 rings (SSSR count). The normalized spacial score (nSPS) is 10.9. The Labute approximate surface area is 102 Å². The van der Waals surface area contributed by atoms with Crippen LogP contribution in [-0.4, -0.2) is 40.7 Å². The second-order valence-corrected chi connectivity index (χ2v) is 4.21. The van der Waals surface area contributed by atoms with E-state index in [0.29, 0.717) is 6.54 Å². The van der Waals surface area contributed by atoms with E-state index < -0.39 is 0 Å². The molecular formula is C11H21N5O. The molecule has 0 spiro atoms. The summed E-state index contributed by atoms with van der Waals surface area (Å²) >= 11 is 0. The predicted octanol–water partition coefficient (Wildman–Crippen LogP) is 0.0774. The summed E-state index contributed by atoms with van der Waals surface area (Å²) in [6.07, 6.45) is 0. The van der Waals surface area contributed by atoms with E-state index in [0.717, 1.165) is 23.6 Å². The third-order valence-corrected chi connectivity index (χ3v) is 2.54. The van der Waals surface area contributed by atoms with Gasteiger partial charge >= 0.3 is 0 Å². The second-order valence-electron chi connectivity index (χ2n) is 4.21. The van der Waals surface area contributed by atoms with Crippen LogP contribution in [-0.2, 0) is 18.4 Å². The van der Waals surface area contributed by atoms with Crippen LogP contribution in [0.5, 0.6) is 0 Å². The molecule has 0 bridgehead atoms. The maximum absolute atomic E-state index is 10.8. The van der Waals surface area contributed by atoms with Crippen LogP contribution in [0.15, 0.2) is 0 Å². The zero-order chi connectivity index (χ0) is 13.0. The Bertz CT molecular complexity index is 399. The molecule has 0 saturated carbocycles. The fourth-order valence-electron chi connectivity index (χ4n) is 1.87. The number of aryl methyl sites for hydroxylation is 2. The molecule has 1 aromatic rings. The summed E-state index contributed by atoms with van der Waals surface area (Å²) in [4.78, 5) is 12.7. The zero-order valence-corrected chi connectivity index (χ0v) is 10.9. The molecule has 0 aliphatic carbocycles. The highest BCUT2D eigenvalue weighted by Crippen LogP contribution is 2.19. The van der Waals surface area contributed by atoms with Gasteiger partial charge in [0, 0.05) is 25.7 Å². The summed E-state index contributed by atoms with van der Waals surface area (Å²) in [5.41, 5.74) is 7.25. The standard InChI is InChI=1S/C11H21N5O/c1-5-13-11-9(8(2)14-16(11)4)6-15(3)7-10(12)17/h13H,5-7H2,1-4H3,(H2,12,17). The van der Waals surface area contributed by atoms with E-state index in [-0.39, 0.29) is 12.5 Å². The Hall–Kier alpha value is -1.56. The van der Waals surface area contributed by atoms with Crippen LogP contribution in [0, 0.1) is 6.92 Å². The average Bonchev–Trinajstić information content (AvgIpc) is 2.44. The fraction of sp³-hybridized carbons (Fsp3) is 0.636. The molecule has 1 amide bonds. The molecule has 6 nitrogen and oxygen atoms in total. The van der Waals surface area contributed by atoms with Crippen LogP contribution in [0.25, 0.3) is 0 Å². The lowest BCUT2D eigenvalue weighted by atomic mass is 10.2. The molecule has 0 aliphatic heterocycles. The van der Waals surface area contributed by atoms with E-state index in [1.165, 1.54) is 0 Å². The molecule has 0 aliphatic rings. The molecule has 0 aromatic carbocycles. The van der Waals surface area contributed by atoms with E-state index in [4.69, 9.17) is 5.73 Å². The lowest BCUT2D eigenvalue weighted by Gasteiger charge is -2.15. The van der Waals surface area contributed by atoms with Crippen molar-refractivity contribution < 1.29 is 4.79 Å². The van der Waals surface area contributed by atoms with Crippen molar-refractivity contribution in [3.8, 4) is 0 Å². The molecule has 1 aromatic heterocycles. The predicted molar refractivity (Wildman–Crippen MR) is 67.6 cm³/mol. The third-order valence-electron chi connectivity index (χ3n) is 2.54. The first kappa shape index (κ1) is 13.5. The van der Waals surface area contributed by atoms with E-state index in [2.05, 4.69) is 10.4 Å². The highest BCUT2D eigenvalue weighted by Gasteiger charge is 2.15. The Morgan fingerprint density at radius 2 is 2.24 bits per heavy atom. The van der Waals surface area contributed by atoms with Crippen molar-refractivity contribution in [3.63, 3.8) is 0 Å². The van der Waals surface area contributed by atoms with Gasteiger partial charge in [-0.15, -0.1) is 0 Å². The third kappa shape index (κ3) is 3.45. The lowest BCUT2D eigenvalue weighted by molar-refractivity contribution is -0.118. The van der Waals surface area contributed by atoms with Gasteiger partial charge in [0.05, 0.1) is 12.2 Å². The summed E-state index contributed by atoms with van der Waals surface area (Å²) in [5.74, 6) is 0.681. The summed E-state index contributed by atoms with van der Waals surface area (Å²) in [6, 6.07) is 0. The van der Waals surface area contributed by atoms with Crippen LogP contribution in [0.2, 0.25) is 0 Å². The Kier molecular flexibility index (Phi) is 4.51. The molecule has 0 radical (unpaired) electrons. The van der Waals surface area contributed by atoms with Gasteiger partial charge in [0.25, 0.3) is 0 Å². The number of amides is 1. The number of carbonyl (C=O) groups excluding carboxylic acids is 1. The minimum Gasteiger partial charge on any atom is -0.370 e. The van der Waals surface area contributed by atoms with Crippen molar-refractivity contribution in [3.05, 3.63) is 11.3 Å². The maximum Gasteiger partial charge on any atom is 0.231 e. The highest BCUT2D eigenvalue weighted by molar-refractivity contribution is 5.75. The Morgan fingerprint density at radius 3 is 2.76 bits per heavy atom. The van der Waals surface area contributed by atoms with Gasteiger partial charge in [-0.1, -0.05) is 0 Å². The quantitative estimate of drug-likeness (QED) is 0.737. The van der Waals surface area contributed by atoms with Crippen LogP contribution in [0.4, 0.5) is 5.82 Å². The van der Waals surface area contributed by atoms with Gasteiger partial charge in [0.2, 0.25) is 5.91 Å². The van der Waals surface area contributed by atoms with Gasteiger partial charge in [0.15, 0.2) is 0 Å². The topological polar surface area (TPSA) is 76.2 Å². The van der Waals surface area contributed by atoms with E-state index in [1.807, 2.05) is 37.5 Å². The second kappa shape index (κ2) is 5.67. The molecule has 0 fully saturated rings. The molecule has 0 atom stereocenters. The van der Waals surface area contributed by atoms with Gasteiger partial charge in [-0.3, -0.25) is 14.4 Å². The van der Waals surface area contributed by atoms with Crippen molar-refractivity contribution in [1.29, 1.82) is 0 Å². The van der Waals surface area contributed by atoms with Crippen LogP contribution >= 0.6 is 0 Å². The minimum absolute atomic E-state index is 0.250. The smallest absolute Gasteiger partial charge is 0.231 e. The molecule has 0 saturated heterocycles. The Balaban J connectivity index is 2.85. The molecule has 17 heavy (non-hydrogen) atoms. The maximum atomic E-state index is 10.8. The van der Waals surface area contributed by atoms with Gasteiger partial charge in [0.1, 0.15) is 5.82 Å². The van der Waals surface area contributed by atoms with E-state index in [1.54, 1.807) is 0 Å². The highest BCUT2D eigenvalue weighted by atomic mass is 16.1. The number of nitrogens with one attached hydrogen (secondary N) is 1. The number of aromatic nitrogens is 2. The van der Waals surface area contributed by atoms with Crippen molar-refractivity contribution in [2.75, 3.05) is 25.5 Å². The summed E-state index contributed by atoms with van der Waals surface area (Å²) in [5, 5.41) is 7.65. The molecule has 96 valence electrons. The van der Waals surface area contributed by atoms with E-state index >= 15 is 0 Å². The summed E-state index contributed by atoms with van der Waals surface area (Å²) < 4.78 is 1.83. The van der Waals surface area contributed by atoms with Crippen molar-refractivity contribution in [1.82, 2.24) is 14.7 Å². The summed E-state index contributed by atoms with van der Waals surface area (Å²) in [6.45, 7) is 5.75. The lowest BCUT2D eigenvalue weighted by Crippen LogP contribution is -2.30. The molecule has 3 N–H and O–H groups in total. The van der Waals surface area contributed by atoms with E-state index in [9.17, 15) is 4.79 Å². The first-order valence-electron chi connectivity index (χ1n) is 5.68. The van der Waals surface area contributed by atoms with Crippen LogP contribution in [0.3, 0.4) is 0 Å². The fourth-order valence-corrected chi connectivity index (χ4v) is 1.87. The molecular weight excluding hydrogens is 218 g/mol. The van der Waals surface area contributed by atoms with Crippen LogP contribution < -0.4 is 11.1 Å². The number of hydrogen-bond donors (Lipinski definition) is 2. The number of rotatable bonds is 6. The number of hydrogen-bond acceptors (Lipinski definition) is 4. The number of carbonyl (C=O) groups is 1. The number of nitrogens with zero attached hydrogens (tertiary/aromatic N) is 3. The van der Waals surface area contributed by atoms with Crippen molar-refractivity contribution in [2.24, 2.45) is 12.8 Å². The number of primary amides is 1. The molecule has 0 unspecified atom stereocenters. The van der Waals surface area contributed by atoms with Gasteiger partial charge < -0.3 is 11.1 Å². The Morgan fingerprint density at radius 1 is 1.59 bits per heavy atom. The molecule has 1 heterocycles. The molecule has 6 heteroatoms. The largest absolute Gasteiger partial charge is 0.370 e. The van der Waals surface area contributed by atoms with Gasteiger partial charge in [-0.2, -0.15) is 5.10 Å². The zero-order valence-electron chi connectivity index (χ0n) is 10.9. The summed E-state index contributed by atoms with van der Waals surface area (Å²) in [7, 11) is 3.77. The SMILES string of the molecule is CCNc1c(CN(C)CC(N)=O)c(C)nn1C. The first-order valence-corrected chi connectivity index (χ1v) is 5.68. The number of nitrogens with two attached hydrogens (primary N) is 1. The van der Waals surface area contributed by atoms with Gasteiger partial charge in [-0.25, -0.2) is 0 Å². The minimum atomic E-state index is -0.320. The van der Waals surface area contributed by atoms with Gasteiger partial charge in [-0.05, 0) is 20.9 Å². The number of likely N-dealkylation sites (N-methyl/N-ethyl adjacent to an activating group) is 1. The average molecular weight is 239 g/mol. The van der Waals surface area contributed by atoms with Crippen molar-refractivity contribution >= 4 is 11.7 Å². The monoisotopic (exact) mass is 239 g/mol.